The van der Waals surface area contributed by atoms with Crippen molar-refractivity contribution in [2.45, 2.75) is 71.6 Å². The van der Waals surface area contributed by atoms with E-state index in [9.17, 15) is 0 Å². The van der Waals surface area contributed by atoms with Crippen LogP contribution in [0.4, 0.5) is 51.2 Å². The average molecular weight is 1240 g/mol. The fourth-order valence-corrected chi connectivity index (χ4v) is 15.4. The maximum absolute atomic E-state index is 6.60. The first-order valence-electron chi connectivity index (χ1n) is 33.5. The van der Waals surface area contributed by atoms with Gasteiger partial charge in [-0.2, -0.15) is 0 Å². The summed E-state index contributed by atoms with van der Waals surface area (Å²) in [4.78, 5) is 7.51. The summed E-state index contributed by atoms with van der Waals surface area (Å²) in [5.74, 6) is 2.93. The Labute approximate surface area is 558 Å². The van der Waals surface area contributed by atoms with E-state index in [1.54, 1.807) is 0 Å². The molecule has 0 N–H and O–H groups in total. The quantitative estimate of drug-likeness (QED) is 0.133. The van der Waals surface area contributed by atoms with Crippen LogP contribution in [0.1, 0.15) is 77.6 Å². The molecule has 0 radical (unpaired) electrons. The van der Waals surface area contributed by atoms with E-state index in [2.05, 4.69) is 325 Å². The molecule has 12 aromatic carbocycles. The first-order valence-corrected chi connectivity index (χ1v) is 33.5. The Morgan fingerprint density at radius 2 is 0.726 bits per heavy atom. The molecule has 0 saturated heterocycles. The summed E-state index contributed by atoms with van der Waals surface area (Å²) >= 11 is 0. The van der Waals surface area contributed by atoms with E-state index >= 15 is 0 Å². The minimum Gasteiger partial charge on any atom is -0.486 e. The van der Waals surface area contributed by atoms with Crippen LogP contribution in [0, 0.1) is 0 Å². The van der Waals surface area contributed by atoms with Crippen LogP contribution in [-0.4, -0.2) is 33.1 Å². The minimum atomic E-state index is -0.184. The summed E-state index contributed by atoms with van der Waals surface area (Å²) in [5.41, 5.74) is 29.4. The van der Waals surface area contributed by atoms with Crippen molar-refractivity contribution in [1.82, 2.24) is 0 Å². The molecule has 0 aromatic heterocycles. The van der Waals surface area contributed by atoms with E-state index in [4.69, 9.17) is 18.9 Å². The Morgan fingerprint density at radius 3 is 1.20 bits per heavy atom. The van der Waals surface area contributed by atoms with Gasteiger partial charge in [0, 0.05) is 68.5 Å². The second kappa shape index (κ2) is 22.2. The lowest BCUT2D eigenvalue weighted by Gasteiger charge is -2.46. The van der Waals surface area contributed by atoms with Crippen molar-refractivity contribution in [3.8, 4) is 78.6 Å². The van der Waals surface area contributed by atoms with Crippen molar-refractivity contribution in [3.05, 3.63) is 277 Å². The standard InChI is InChI=1S/C87H74BN3O4/c1-85(2,3)61-32-40-74-72(48-61)88-73-49-62(86(4,5)6)33-41-75(73)91(77-54-83-81(93-43-45-95-83)52-69(77)59-24-16-11-17-25-59)79-47-60(46-78(84(79)88)90(74)76-53-82-80(92-42-44-94-82)51-68(76)58-22-14-10-15-23-58)57-30-36-64(37-31-57)89(63-34-28-56(29-35-63)55-20-12-9-13-21-55)65-38-39-67-66-26-18-19-27-70(66)87(7,8)71(67)50-65/h9-41,46-54H,42-45H2,1-8H3. The van der Waals surface area contributed by atoms with E-state index in [0.717, 1.165) is 108 Å². The van der Waals surface area contributed by atoms with Gasteiger partial charge >= 0.3 is 0 Å². The molecule has 12 aromatic rings. The van der Waals surface area contributed by atoms with Crippen molar-refractivity contribution < 1.29 is 18.9 Å². The molecule has 1 aliphatic carbocycles. The third-order valence-electron chi connectivity index (χ3n) is 20.3. The first kappa shape index (κ1) is 58.2. The van der Waals surface area contributed by atoms with Crippen LogP contribution in [0.25, 0.3) is 55.6 Å². The molecule has 17 rings (SSSR count). The molecular weight excluding hydrogens is 1160 g/mol. The Balaban J connectivity index is 0.932. The number of hydrogen-bond donors (Lipinski definition) is 0. The highest BCUT2D eigenvalue weighted by atomic mass is 16.6. The van der Waals surface area contributed by atoms with Gasteiger partial charge in [-0.15, -0.1) is 0 Å². The highest BCUT2D eigenvalue weighted by molar-refractivity contribution is 7.00. The van der Waals surface area contributed by atoms with Crippen molar-refractivity contribution >= 4 is 74.3 Å². The van der Waals surface area contributed by atoms with Gasteiger partial charge in [0.2, 0.25) is 0 Å². The molecule has 0 saturated carbocycles. The topological polar surface area (TPSA) is 46.6 Å². The fourth-order valence-electron chi connectivity index (χ4n) is 15.4. The lowest BCUT2D eigenvalue weighted by atomic mass is 9.33. The van der Waals surface area contributed by atoms with Gasteiger partial charge < -0.3 is 33.6 Å². The minimum absolute atomic E-state index is 0.151. The van der Waals surface area contributed by atoms with E-state index in [0.29, 0.717) is 26.4 Å². The number of hydrogen-bond acceptors (Lipinski definition) is 7. The number of anilines is 9. The largest absolute Gasteiger partial charge is 0.486 e. The van der Waals surface area contributed by atoms with Gasteiger partial charge in [-0.05, 0) is 167 Å². The summed E-state index contributed by atoms with van der Waals surface area (Å²) in [6, 6.07) is 94.7. The molecule has 7 nitrogen and oxygen atoms in total. The summed E-state index contributed by atoms with van der Waals surface area (Å²) in [5, 5.41) is 0. The molecule has 4 aliphatic heterocycles. The summed E-state index contributed by atoms with van der Waals surface area (Å²) in [6.45, 7) is 20.4. The zero-order chi connectivity index (χ0) is 64.5. The second-order valence-electron chi connectivity index (χ2n) is 28.5. The van der Waals surface area contributed by atoms with Gasteiger partial charge in [0.05, 0.1) is 11.4 Å². The third-order valence-corrected chi connectivity index (χ3v) is 20.3. The Morgan fingerprint density at radius 1 is 0.326 bits per heavy atom. The van der Waals surface area contributed by atoms with Crippen LogP contribution in [0.15, 0.2) is 255 Å². The number of fused-ring (bicyclic) bond motifs is 9. The maximum atomic E-state index is 6.60. The molecular formula is C87H74BN3O4. The predicted octanol–water partition coefficient (Wildman–Crippen LogP) is 20.4. The summed E-state index contributed by atoms with van der Waals surface area (Å²) in [7, 11) is 0. The van der Waals surface area contributed by atoms with Crippen molar-refractivity contribution in [3.63, 3.8) is 0 Å². The Bertz CT molecular complexity index is 4820. The van der Waals surface area contributed by atoms with Crippen LogP contribution in [0.2, 0.25) is 0 Å². The van der Waals surface area contributed by atoms with Gasteiger partial charge in [-0.1, -0.05) is 225 Å². The maximum Gasteiger partial charge on any atom is 0.252 e. The average Bonchev–Trinajstić information content (AvgIpc) is 1.31. The predicted molar refractivity (Wildman–Crippen MR) is 394 cm³/mol. The lowest BCUT2D eigenvalue weighted by molar-refractivity contribution is 0.172. The number of rotatable bonds is 9. The van der Waals surface area contributed by atoms with Crippen molar-refractivity contribution in [2.75, 3.05) is 41.1 Å². The van der Waals surface area contributed by atoms with Crippen LogP contribution in [0.3, 0.4) is 0 Å². The number of nitrogens with zero attached hydrogens (tertiary/aromatic N) is 3. The molecule has 0 fully saturated rings. The number of ether oxygens (including phenoxy) is 4. The molecule has 464 valence electrons. The molecule has 0 atom stereocenters. The van der Waals surface area contributed by atoms with Crippen LogP contribution < -0.4 is 50.0 Å². The van der Waals surface area contributed by atoms with Gasteiger partial charge in [0.25, 0.3) is 6.71 Å². The van der Waals surface area contributed by atoms with Gasteiger partial charge in [-0.3, -0.25) is 0 Å². The molecule has 0 amide bonds. The van der Waals surface area contributed by atoms with Crippen LogP contribution in [-0.2, 0) is 16.2 Å². The fraction of sp³-hybridized carbons (Fsp3) is 0.172. The molecule has 95 heavy (non-hydrogen) atoms. The molecule has 4 heterocycles. The van der Waals surface area contributed by atoms with E-state index in [1.807, 2.05) is 0 Å². The summed E-state index contributed by atoms with van der Waals surface area (Å²) < 4.78 is 26.1. The lowest BCUT2D eigenvalue weighted by Crippen LogP contribution is -2.61. The molecule has 0 bridgehead atoms. The highest BCUT2D eigenvalue weighted by Gasteiger charge is 2.46. The SMILES string of the molecule is CC(C)(C)c1ccc2c(c1)B1c3cc(C(C)(C)C)ccc3N(c3cc4c(cc3-c3ccccc3)OCCO4)c3cc(-c4ccc(N(c5ccc(-c6ccccc6)cc5)c5ccc6c(c5)C(C)(C)c5ccccc5-6)cc4)cc(c31)N2c1cc2c(cc1-c1ccccc1)OCCO2. The highest BCUT2D eigenvalue weighted by Crippen LogP contribution is 2.55. The molecule has 5 aliphatic rings. The normalized spacial score (nSPS) is 14.5. The van der Waals surface area contributed by atoms with E-state index in [-0.39, 0.29) is 23.0 Å². The van der Waals surface area contributed by atoms with Gasteiger partial charge in [-0.25, -0.2) is 0 Å². The Kier molecular flexibility index (Phi) is 13.6. The van der Waals surface area contributed by atoms with Gasteiger partial charge in [0.15, 0.2) is 23.0 Å². The van der Waals surface area contributed by atoms with E-state index < -0.39 is 0 Å². The summed E-state index contributed by atoms with van der Waals surface area (Å²) in [6.07, 6.45) is 0. The smallest absolute Gasteiger partial charge is 0.252 e. The number of benzene rings is 12. The molecule has 0 spiro atoms. The molecule has 0 unspecified atom stereocenters. The second-order valence-corrected chi connectivity index (χ2v) is 28.5. The van der Waals surface area contributed by atoms with Crippen molar-refractivity contribution in [1.29, 1.82) is 0 Å². The van der Waals surface area contributed by atoms with Crippen molar-refractivity contribution in [2.24, 2.45) is 0 Å². The van der Waals surface area contributed by atoms with Crippen LogP contribution >= 0.6 is 0 Å². The zero-order valence-corrected chi connectivity index (χ0v) is 55.1. The zero-order valence-electron chi connectivity index (χ0n) is 55.1. The van der Waals surface area contributed by atoms with Crippen LogP contribution in [0.5, 0.6) is 23.0 Å². The van der Waals surface area contributed by atoms with Gasteiger partial charge in [0.1, 0.15) is 26.4 Å². The Hall–Kier alpha value is -10.7. The third kappa shape index (κ3) is 9.78. The van der Waals surface area contributed by atoms with E-state index in [1.165, 1.54) is 60.9 Å². The molecule has 8 heteroatoms. The monoisotopic (exact) mass is 1240 g/mol. The first-order chi connectivity index (χ1) is 46.1.